The van der Waals surface area contributed by atoms with Crippen LogP contribution in [0.3, 0.4) is 0 Å². The van der Waals surface area contributed by atoms with Gasteiger partial charge < -0.3 is 5.73 Å². The number of thioether (sulfide) groups is 1. The van der Waals surface area contributed by atoms with E-state index in [1.54, 1.807) is 30.8 Å². The van der Waals surface area contributed by atoms with Crippen LogP contribution in [0.25, 0.3) is 0 Å². The Morgan fingerprint density at radius 2 is 1.90 bits per heavy atom. The lowest BCUT2D eigenvalue weighted by Crippen LogP contribution is -2.43. The highest BCUT2D eigenvalue weighted by Crippen LogP contribution is 2.29. The highest BCUT2D eigenvalue weighted by atomic mass is 32.2. The first-order chi connectivity index (χ1) is 9.85. The first kappa shape index (κ1) is 16.6. The Morgan fingerprint density at radius 1 is 1.24 bits per heavy atom. The molecule has 1 saturated carbocycles. The summed E-state index contributed by atoms with van der Waals surface area (Å²) in [4.78, 5) is 0.311. The van der Waals surface area contributed by atoms with E-state index in [0.29, 0.717) is 21.4 Å². The lowest BCUT2D eigenvalue weighted by molar-refractivity contribution is 0.423. The summed E-state index contributed by atoms with van der Waals surface area (Å²) in [6, 6.07) is 3.52. The zero-order valence-electron chi connectivity index (χ0n) is 12.8. The van der Waals surface area contributed by atoms with E-state index in [2.05, 4.69) is 4.72 Å². The molecule has 4 nitrogen and oxygen atoms in total. The van der Waals surface area contributed by atoms with Gasteiger partial charge in [0, 0.05) is 17.0 Å². The van der Waals surface area contributed by atoms with Gasteiger partial charge in [-0.1, -0.05) is 12.8 Å². The van der Waals surface area contributed by atoms with E-state index < -0.39 is 10.0 Å². The van der Waals surface area contributed by atoms with Crippen molar-refractivity contribution in [1.29, 1.82) is 0 Å². The maximum Gasteiger partial charge on any atom is 0.241 e. The summed E-state index contributed by atoms with van der Waals surface area (Å²) in [6.45, 7) is 3.62. The zero-order valence-corrected chi connectivity index (χ0v) is 14.5. The Hall–Kier alpha value is -0.720. The van der Waals surface area contributed by atoms with Crippen LogP contribution in [0.2, 0.25) is 0 Å². The smallest absolute Gasteiger partial charge is 0.241 e. The summed E-state index contributed by atoms with van der Waals surface area (Å²) in [6.07, 6.45) is 6.29. The van der Waals surface area contributed by atoms with Gasteiger partial charge in [-0.05, 0) is 56.2 Å². The van der Waals surface area contributed by atoms with Crippen LogP contribution in [0.15, 0.2) is 17.0 Å². The molecule has 6 heteroatoms. The van der Waals surface area contributed by atoms with Crippen molar-refractivity contribution in [2.75, 3.05) is 12.0 Å². The third-order valence-electron chi connectivity index (χ3n) is 4.15. The van der Waals surface area contributed by atoms with Crippen LogP contribution in [-0.2, 0) is 10.0 Å². The summed E-state index contributed by atoms with van der Waals surface area (Å²) in [5, 5.41) is 0.357. The molecule has 2 rings (SSSR count). The third kappa shape index (κ3) is 3.73. The lowest BCUT2D eigenvalue weighted by Gasteiger charge is -2.31. The van der Waals surface area contributed by atoms with Gasteiger partial charge in [-0.3, -0.25) is 0 Å². The maximum atomic E-state index is 12.7. The molecule has 0 aliphatic heterocycles. The monoisotopic (exact) mass is 328 g/mol. The molecule has 0 spiro atoms. The molecule has 0 heterocycles. The van der Waals surface area contributed by atoms with Crippen LogP contribution >= 0.6 is 11.8 Å². The van der Waals surface area contributed by atoms with Crippen LogP contribution in [0.1, 0.15) is 36.8 Å². The summed E-state index contributed by atoms with van der Waals surface area (Å²) in [7, 11) is -3.52. The molecule has 0 radical (unpaired) electrons. The summed E-state index contributed by atoms with van der Waals surface area (Å²) < 4.78 is 28.3. The molecule has 118 valence electrons. The number of aryl methyl sites for hydroxylation is 1. The number of anilines is 1. The maximum absolute atomic E-state index is 12.7. The number of rotatable bonds is 4. The molecule has 2 atom stereocenters. The molecular weight excluding hydrogens is 304 g/mol. The van der Waals surface area contributed by atoms with Gasteiger partial charge in [-0.15, -0.1) is 0 Å². The minimum absolute atomic E-state index is 0.0138. The molecule has 3 N–H and O–H groups in total. The van der Waals surface area contributed by atoms with E-state index in [1.807, 2.05) is 13.2 Å². The lowest BCUT2D eigenvalue weighted by atomic mass is 9.96. The van der Waals surface area contributed by atoms with Gasteiger partial charge in [-0.2, -0.15) is 11.8 Å². The number of nitrogen functional groups attached to an aromatic ring is 1. The number of sulfonamides is 1. The van der Waals surface area contributed by atoms with E-state index in [9.17, 15) is 8.42 Å². The molecule has 1 fully saturated rings. The average molecular weight is 329 g/mol. The second kappa shape index (κ2) is 6.58. The molecule has 21 heavy (non-hydrogen) atoms. The molecule has 0 aromatic heterocycles. The molecule has 1 aliphatic rings. The van der Waals surface area contributed by atoms with Crippen LogP contribution < -0.4 is 10.5 Å². The Balaban J connectivity index is 2.30. The van der Waals surface area contributed by atoms with Crippen molar-refractivity contribution in [1.82, 2.24) is 4.72 Å². The molecule has 0 bridgehead atoms. The third-order valence-corrected chi connectivity index (χ3v) is 6.93. The van der Waals surface area contributed by atoms with E-state index in [4.69, 9.17) is 5.73 Å². The highest BCUT2D eigenvalue weighted by Gasteiger charge is 2.30. The van der Waals surface area contributed by atoms with Crippen molar-refractivity contribution in [2.24, 2.45) is 0 Å². The predicted molar refractivity (Wildman–Crippen MR) is 90.2 cm³/mol. The fourth-order valence-corrected chi connectivity index (χ4v) is 5.60. The van der Waals surface area contributed by atoms with Crippen molar-refractivity contribution in [3.63, 3.8) is 0 Å². The van der Waals surface area contributed by atoms with Gasteiger partial charge in [0.2, 0.25) is 10.0 Å². The minimum atomic E-state index is -3.52. The first-order valence-corrected chi connectivity index (χ1v) is 10.0. The minimum Gasteiger partial charge on any atom is -0.398 e. The molecule has 1 aromatic rings. The van der Waals surface area contributed by atoms with E-state index in [0.717, 1.165) is 24.8 Å². The summed E-state index contributed by atoms with van der Waals surface area (Å²) >= 11 is 1.75. The summed E-state index contributed by atoms with van der Waals surface area (Å²) in [5.74, 6) is 0. The number of hydrogen-bond donors (Lipinski definition) is 2. The SMILES string of the molecule is CSC1CCCCC1NS(=O)(=O)c1cc(C)cc(N)c1C. The Labute approximate surface area is 131 Å². The van der Waals surface area contributed by atoms with Crippen LogP contribution in [0.4, 0.5) is 5.69 Å². The van der Waals surface area contributed by atoms with Crippen LogP contribution in [-0.4, -0.2) is 26.0 Å². The van der Waals surface area contributed by atoms with Crippen molar-refractivity contribution in [3.8, 4) is 0 Å². The van der Waals surface area contributed by atoms with Gasteiger partial charge in [0.05, 0.1) is 4.90 Å². The normalized spacial score (nSPS) is 23.2. The van der Waals surface area contributed by atoms with Crippen molar-refractivity contribution in [2.45, 2.75) is 55.7 Å². The van der Waals surface area contributed by atoms with Crippen molar-refractivity contribution >= 4 is 27.5 Å². The second-order valence-electron chi connectivity index (χ2n) is 5.76. The highest BCUT2D eigenvalue weighted by molar-refractivity contribution is 7.99. The molecule has 2 unspecified atom stereocenters. The predicted octanol–water partition coefficient (Wildman–Crippen LogP) is 2.84. The van der Waals surface area contributed by atoms with Crippen molar-refractivity contribution < 1.29 is 8.42 Å². The average Bonchev–Trinajstić information content (AvgIpc) is 2.43. The molecular formula is C15H24N2O2S2. The zero-order chi connectivity index (χ0) is 15.6. The number of benzene rings is 1. The fraction of sp³-hybridized carbons (Fsp3) is 0.600. The van der Waals surface area contributed by atoms with E-state index in [-0.39, 0.29) is 6.04 Å². The van der Waals surface area contributed by atoms with Gasteiger partial charge in [-0.25, -0.2) is 13.1 Å². The van der Waals surface area contributed by atoms with Crippen LogP contribution in [0, 0.1) is 13.8 Å². The standard InChI is InChI=1S/C15H24N2O2S2/c1-10-8-12(16)11(2)15(9-10)21(18,19)17-13-6-4-5-7-14(13)20-3/h8-9,13-14,17H,4-7,16H2,1-3H3. The fourth-order valence-electron chi connectivity index (χ4n) is 2.91. The Kier molecular flexibility index (Phi) is 5.22. The van der Waals surface area contributed by atoms with E-state index in [1.165, 1.54) is 6.42 Å². The number of hydrogen-bond acceptors (Lipinski definition) is 4. The molecule has 1 aromatic carbocycles. The van der Waals surface area contributed by atoms with Crippen LogP contribution in [0.5, 0.6) is 0 Å². The number of nitrogens with two attached hydrogens (primary N) is 1. The topological polar surface area (TPSA) is 72.2 Å². The van der Waals surface area contributed by atoms with Gasteiger partial charge >= 0.3 is 0 Å². The van der Waals surface area contributed by atoms with Gasteiger partial charge in [0.1, 0.15) is 0 Å². The summed E-state index contributed by atoms with van der Waals surface area (Å²) in [5.41, 5.74) is 7.93. The van der Waals surface area contributed by atoms with Gasteiger partial charge in [0.15, 0.2) is 0 Å². The Morgan fingerprint density at radius 3 is 2.57 bits per heavy atom. The first-order valence-electron chi connectivity index (χ1n) is 7.27. The van der Waals surface area contributed by atoms with Gasteiger partial charge in [0.25, 0.3) is 0 Å². The number of nitrogens with one attached hydrogen (secondary N) is 1. The largest absolute Gasteiger partial charge is 0.398 e. The molecule has 0 saturated heterocycles. The van der Waals surface area contributed by atoms with E-state index >= 15 is 0 Å². The molecule has 0 amide bonds. The molecule has 1 aliphatic carbocycles. The second-order valence-corrected chi connectivity index (χ2v) is 8.52. The Bertz CT molecular complexity index is 614. The van der Waals surface area contributed by atoms with Crippen molar-refractivity contribution in [3.05, 3.63) is 23.3 Å². The quantitative estimate of drug-likeness (QED) is 0.834.